The highest BCUT2D eigenvalue weighted by molar-refractivity contribution is 5.93. The van der Waals surface area contributed by atoms with Crippen molar-refractivity contribution in [1.29, 1.82) is 0 Å². The Labute approximate surface area is 109 Å². The Balaban J connectivity index is 2.10. The van der Waals surface area contributed by atoms with Crippen molar-refractivity contribution in [3.05, 3.63) is 35.4 Å². The van der Waals surface area contributed by atoms with Crippen LogP contribution in [0.25, 0.3) is 0 Å². The molecule has 1 aromatic carbocycles. The van der Waals surface area contributed by atoms with E-state index in [0.29, 0.717) is 12.0 Å². The SMILES string of the molecule is C[C@@H]1CC(c2ccc(C(=O)N(C)C)cc2)CCN1. The lowest BCUT2D eigenvalue weighted by Crippen LogP contribution is -2.34. The molecule has 1 saturated heterocycles. The highest BCUT2D eigenvalue weighted by Crippen LogP contribution is 2.27. The number of carbonyl (C=O) groups is 1. The second-order valence-electron chi connectivity index (χ2n) is 5.40. The van der Waals surface area contributed by atoms with Crippen LogP contribution in [0.1, 0.15) is 41.6 Å². The zero-order chi connectivity index (χ0) is 13.1. The van der Waals surface area contributed by atoms with Gasteiger partial charge in [-0.1, -0.05) is 12.1 Å². The van der Waals surface area contributed by atoms with Gasteiger partial charge in [0.25, 0.3) is 5.91 Å². The second-order valence-corrected chi connectivity index (χ2v) is 5.40. The van der Waals surface area contributed by atoms with E-state index in [1.165, 1.54) is 18.4 Å². The first-order valence-electron chi connectivity index (χ1n) is 6.63. The lowest BCUT2D eigenvalue weighted by atomic mass is 9.86. The van der Waals surface area contributed by atoms with Gasteiger partial charge >= 0.3 is 0 Å². The molecule has 3 nitrogen and oxygen atoms in total. The van der Waals surface area contributed by atoms with Gasteiger partial charge in [0, 0.05) is 25.7 Å². The van der Waals surface area contributed by atoms with Crippen molar-refractivity contribution in [2.75, 3.05) is 20.6 Å². The average molecular weight is 246 g/mol. The molecular formula is C15H22N2O. The standard InChI is InChI=1S/C15H22N2O/c1-11-10-14(8-9-16-11)12-4-6-13(7-5-12)15(18)17(2)3/h4-7,11,14,16H,8-10H2,1-3H3/t11-,14?/m1/s1. The fourth-order valence-electron chi connectivity index (χ4n) is 2.59. The summed E-state index contributed by atoms with van der Waals surface area (Å²) in [7, 11) is 3.56. The summed E-state index contributed by atoms with van der Waals surface area (Å²) in [6.07, 6.45) is 2.37. The Morgan fingerprint density at radius 2 is 1.94 bits per heavy atom. The van der Waals surface area contributed by atoms with E-state index in [1.807, 2.05) is 12.1 Å². The van der Waals surface area contributed by atoms with Gasteiger partial charge < -0.3 is 10.2 Å². The first-order chi connectivity index (χ1) is 8.58. The summed E-state index contributed by atoms with van der Waals surface area (Å²) in [5.74, 6) is 0.699. The van der Waals surface area contributed by atoms with Crippen molar-refractivity contribution < 1.29 is 4.79 Å². The maximum Gasteiger partial charge on any atom is 0.253 e. The lowest BCUT2D eigenvalue weighted by molar-refractivity contribution is 0.0827. The average Bonchev–Trinajstić information content (AvgIpc) is 2.38. The number of amides is 1. The molecule has 2 atom stereocenters. The molecule has 0 aliphatic carbocycles. The summed E-state index contributed by atoms with van der Waals surface area (Å²) < 4.78 is 0. The van der Waals surface area contributed by atoms with Gasteiger partial charge in [-0.25, -0.2) is 0 Å². The normalized spacial score (nSPS) is 23.7. The largest absolute Gasteiger partial charge is 0.345 e. The quantitative estimate of drug-likeness (QED) is 0.868. The molecule has 3 heteroatoms. The number of benzene rings is 1. The highest BCUT2D eigenvalue weighted by atomic mass is 16.2. The van der Waals surface area contributed by atoms with Gasteiger partial charge in [-0.05, 0) is 49.9 Å². The van der Waals surface area contributed by atoms with Gasteiger partial charge in [-0.3, -0.25) is 4.79 Å². The van der Waals surface area contributed by atoms with Crippen molar-refractivity contribution in [2.45, 2.75) is 31.7 Å². The van der Waals surface area contributed by atoms with E-state index >= 15 is 0 Å². The first kappa shape index (κ1) is 13.1. The minimum absolute atomic E-state index is 0.0697. The van der Waals surface area contributed by atoms with Crippen molar-refractivity contribution >= 4 is 5.91 Å². The highest BCUT2D eigenvalue weighted by Gasteiger charge is 2.20. The second kappa shape index (κ2) is 5.53. The molecule has 0 saturated carbocycles. The summed E-state index contributed by atoms with van der Waals surface area (Å²) in [5.41, 5.74) is 2.13. The summed E-state index contributed by atoms with van der Waals surface area (Å²) in [6, 6.07) is 8.71. The third-order valence-corrected chi connectivity index (χ3v) is 3.66. The maximum absolute atomic E-state index is 11.8. The molecule has 18 heavy (non-hydrogen) atoms. The zero-order valence-corrected chi connectivity index (χ0v) is 11.4. The number of hydrogen-bond donors (Lipinski definition) is 1. The summed E-state index contributed by atoms with van der Waals surface area (Å²) in [5, 5.41) is 3.47. The van der Waals surface area contributed by atoms with Crippen LogP contribution in [-0.2, 0) is 0 Å². The van der Waals surface area contributed by atoms with Crippen LogP contribution >= 0.6 is 0 Å². The van der Waals surface area contributed by atoms with Gasteiger partial charge in [0.2, 0.25) is 0 Å². The van der Waals surface area contributed by atoms with E-state index in [2.05, 4.69) is 24.4 Å². The van der Waals surface area contributed by atoms with Crippen LogP contribution in [-0.4, -0.2) is 37.5 Å². The van der Waals surface area contributed by atoms with Gasteiger partial charge in [0.15, 0.2) is 0 Å². The van der Waals surface area contributed by atoms with Crippen molar-refractivity contribution in [3.63, 3.8) is 0 Å². The minimum atomic E-state index is 0.0697. The Hall–Kier alpha value is -1.35. The molecular weight excluding hydrogens is 224 g/mol. The van der Waals surface area contributed by atoms with Gasteiger partial charge in [0.1, 0.15) is 0 Å². The molecule has 1 aliphatic heterocycles. The molecule has 1 fully saturated rings. The molecule has 0 radical (unpaired) electrons. The van der Waals surface area contributed by atoms with E-state index < -0.39 is 0 Å². The number of hydrogen-bond acceptors (Lipinski definition) is 2. The lowest BCUT2D eigenvalue weighted by Gasteiger charge is -2.28. The Kier molecular flexibility index (Phi) is 4.02. The zero-order valence-electron chi connectivity index (χ0n) is 11.4. The fourth-order valence-corrected chi connectivity index (χ4v) is 2.59. The van der Waals surface area contributed by atoms with E-state index in [-0.39, 0.29) is 5.91 Å². The van der Waals surface area contributed by atoms with Crippen LogP contribution in [0.4, 0.5) is 0 Å². The third-order valence-electron chi connectivity index (χ3n) is 3.66. The number of nitrogens with one attached hydrogen (secondary N) is 1. The summed E-state index contributed by atoms with van der Waals surface area (Å²) >= 11 is 0. The number of piperidine rings is 1. The molecule has 1 N–H and O–H groups in total. The van der Waals surface area contributed by atoms with Crippen molar-refractivity contribution in [3.8, 4) is 0 Å². The van der Waals surface area contributed by atoms with E-state index in [4.69, 9.17) is 0 Å². The molecule has 0 aromatic heterocycles. The van der Waals surface area contributed by atoms with Crippen LogP contribution < -0.4 is 5.32 Å². The molecule has 1 heterocycles. The van der Waals surface area contributed by atoms with E-state index in [9.17, 15) is 4.79 Å². The van der Waals surface area contributed by atoms with E-state index in [1.54, 1.807) is 19.0 Å². The number of carbonyl (C=O) groups excluding carboxylic acids is 1. The Morgan fingerprint density at radius 1 is 1.28 bits per heavy atom. The number of rotatable bonds is 2. The summed E-state index contributed by atoms with van der Waals surface area (Å²) in [6.45, 7) is 3.32. The predicted octanol–water partition coefficient (Wildman–Crippen LogP) is 2.24. The van der Waals surface area contributed by atoms with Gasteiger partial charge in [-0.2, -0.15) is 0 Å². The minimum Gasteiger partial charge on any atom is -0.345 e. The van der Waals surface area contributed by atoms with Crippen molar-refractivity contribution in [2.24, 2.45) is 0 Å². The number of nitrogens with zero attached hydrogens (tertiary/aromatic N) is 1. The van der Waals surface area contributed by atoms with Crippen molar-refractivity contribution in [1.82, 2.24) is 10.2 Å². The predicted molar refractivity (Wildman–Crippen MR) is 73.9 cm³/mol. The molecule has 0 spiro atoms. The molecule has 1 unspecified atom stereocenters. The molecule has 2 rings (SSSR count). The molecule has 1 amide bonds. The smallest absolute Gasteiger partial charge is 0.253 e. The van der Waals surface area contributed by atoms with Crippen LogP contribution in [0.2, 0.25) is 0 Å². The Bertz CT molecular complexity index is 411. The third kappa shape index (κ3) is 2.91. The molecule has 1 aromatic rings. The summed E-state index contributed by atoms with van der Waals surface area (Å²) in [4.78, 5) is 13.4. The Morgan fingerprint density at radius 3 is 2.50 bits per heavy atom. The van der Waals surface area contributed by atoms with Crippen LogP contribution in [0, 0.1) is 0 Å². The van der Waals surface area contributed by atoms with Crippen LogP contribution in [0.3, 0.4) is 0 Å². The van der Waals surface area contributed by atoms with Crippen LogP contribution in [0.15, 0.2) is 24.3 Å². The molecule has 1 aliphatic rings. The van der Waals surface area contributed by atoms with E-state index in [0.717, 1.165) is 12.1 Å². The topological polar surface area (TPSA) is 32.3 Å². The van der Waals surface area contributed by atoms with Gasteiger partial charge in [-0.15, -0.1) is 0 Å². The van der Waals surface area contributed by atoms with Gasteiger partial charge in [0.05, 0.1) is 0 Å². The van der Waals surface area contributed by atoms with Crippen LogP contribution in [0.5, 0.6) is 0 Å². The first-order valence-corrected chi connectivity index (χ1v) is 6.63. The molecule has 98 valence electrons. The maximum atomic E-state index is 11.8. The molecule has 0 bridgehead atoms. The monoisotopic (exact) mass is 246 g/mol. The fraction of sp³-hybridized carbons (Fsp3) is 0.533.